The Morgan fingerprint density at radius 3 is 2.02 bits per heavy atom. The summed E-state index contributed by atoms with van der Waals surface area (Å²) in [7, 11) is 0. The minimum atomic E-state index is -0.774. The number of hydrogen-bond donors (Lipinski definition) is 3. The SMILES string of the molecule is Nc1ncnc2ccc(NC(=O)C3CCCN3C(=O)CNC(c3ccccc3)(c3ccccc3)c3ccccc3)cc12. The van der Waals surface area contributed by atoms with Gasteiger partial charge in [0.05, 0.1) is 17.6 Å². The maximum absolute atomic E-state index is 13.8. The lowest BCUT2D eigenvalue weighted by Gasteiger charge is -2.37. The first-order chi connectivity index (χ1) is 20.6. The molecule has 0 radical (unpaired) electrons. The number of fused-ring (bicyclic) bond motifs is 1. The van der Waals surface area contributed by atoms with Gasteiger partial charge in [0, 0.05) is 17.6 Å². The molecule has 2 amide bonds. The van der Waals surface area contributed by atoms with E-state index in [1.54, 1.807) is 23.1 Å². The molecule has 4 aromatic carbocycles. The van der Waals surface area contributed by atoms with E-state index in [4.69, 9.17) is 5.73 Å². The number of carbonyl (C=O) groups is 2. The number of nitrogens with zero attached hydrogens (tertiary/aromatic N) is 3. The number of aromatic nitrogens is 2. The van der Waals surface area contributed by atoms with Gasteiger partial charge in [0.25, 0.3) is 0 Å². The molecular weight excluding hydrogens is 524 g/mol. The maximum Gasteiger partial charge on any atom is 0.247 e. The van der Waals surface area contributed by atoms with Crippen LogP contribution in [0.15, 0.2) is 116 Å². The molecule has 1 saturated heterocycles. The Hall–Kier alpha value is -5.08. The van der Waals surface area contributed by atoms with Gasteiger partial charge in [-0.2, -0.15) is 0 Å². The van der Waals surface area contributed by atoms with Crippen molar-refractivity contribution < 1.29 is 9.59 Å². The minimum Gasteiger partial charge on any atom is -0.383 e. The highest BCUT2D eigenvalue weighted by atomic mass is 16.2. The fraction of sp³-hybridized carbons (Fsp3) is 0.176. The van der Waals surface area contributed by atoms with Crippen LogP contribution >= 0.6 is 0 Å². The number of benzene rings is 4. The second-order valence-corrected chi connectivity index (χ2v) is 10.4. The number of anilines is 2. The standard InChI is InChI=1S/C34H32N6O2/c35-32-28-21-27(18-19-29(28)36-23-37-32)39-33(42)30-17-10-20-40(30)31(41)22-38-34(24-11-4-1-5-12-24,25-13-6-2-7-14-25)26-15-8-3-9-16-26/h1-9,11-16,18-19,21,23,30,38H,10,17,20,22H2,(H,39,42)(H2,35,36,37). The summed E-state index contributed by atoms with van der Waals surface area (Å²) in [6, 6.07) is 35.2. The minimum absolute atomic E-state index is 0.0479. The Kier molecular flexibility index (Phi) is 7.62. The molecule has 42 heavy (non-hydrogen) atoms. The summed E-state index contributed by atoms with van der Waals surface area (Å²) in [5.74, 6) is -0.00869. The van der Waals surface area contributed by atoms with Crippen molar-refractivity contribution in [2.24, 2.45) is 0 Å². The normalized spacial score (nSPS) is 15.0. The van der Waals surface area contributed by atoms with Gasteiger partial charge in [0.15, 0.2) is 0 Å². The summed E-state index contributed by atoms with van der Waals surface area (Å²) in [4.78, 5) is 37.2. The summed E-state index contributed by atoms with van der Waals surface area (Å²) in [5, 5.41) is 7.28. The summed E-state index contributed by atoms with van der Waals surface area (Å²) in [5.41, 5.74) is 9.58. The van der Waals surface area contributed by atoms with Crippen LogP contribution in [0.3, 0.4) is 0 Å². The van der Waals surface area contributed by atoms with Gasteiger partial charge in [-0.05, 0) is 47.7 Å². The fourth-order valence-electron chi connectivity index (χ4n) is 5.90. The van der Waals surface area contributed by atoms with Gasteiger partial charge in [0.2, 0.25) is 11.8 Å². The number of carbonyl (C=O) groups excluding carboxylic acids is 2. The topological polar surface area (TPSA) is 113 Å². The van der Waals surface area contributed by atoms with Crippen LogP contribution in [0.2, 0.25) is 0 Å². The largest absolute Gasteiger partial charge is 0.383 e. The fourth-order valence-corrected chi connectivity index (χ4v) is 5.90. The maximum atomic E-state index is 13.8. The lowest BCUT2D eigenvalue weighted by molar-refractivity contribution is -0.136. The number of likely N-dealkylation sites (tertiary alicyclic amines) is 1. The molecule has 1 fully saturated rings. The summed E-state index contributed by atoms with van der Waals surface area (Å²) >= 11 is 0. The average molecular weight is 557 g/mol. The van der Waals surface area contributed by atoms with Crippen molar-refractivity contribution in [1.82, 2.24) is 20.2 Å². The number of hydrogen-bond acceptors (Lipinski definition) is 6. The Labute approximate surface area is 244 Å². The third kappa shape index (κ3) is 5.20. The van der Waals surface area contributed by atoms with E-state index in [0.29, 0.717) is 35.4 Å². The predicted octanol–water partition coefficient (Wildman–Crippen LogP) is 4.72. The zero-order chi connectivity index (χ0) is 28.9. The summed E-state index contributed by atoms with van der Waals surface area (Å²) < 4.78 is 0. The van der Waals surface area contributed by atoms with Crippen molar-refractivity contribution in [1.29, 1.82) is 0 Å². The molecule has 2 heterocycles. The molecule has 1 aliphatic rings. The van der Waals surface area contributed by atoms with Crippen molar-refractivity contribution in [2.45, 2.75) is 24.4 Å². The number of amides is 2. The zero-order valence-corrected chi connectivity index (χ0v) is 23.1. The zero-order valence-electron chi connectivity index (χ0n) is 23.1. The van der Waals surface area contributed by atoms with Crippen LogP contribution in [-0.2, 0) is 15.1 Å². The third-order valence-electron chi connectivity index (χ3n) is 7.93. The highest BCUT2D eigenvalue weighted by Gasteiger charge is 2.39. The molecule has 6 rings (SSSR count). The lowest BCUT2D eigenvalue weighted by atomic mass is 9.77. The molecule has 1 aliphatic heterocycles. The van der Waals surface area contributed by atoms with Gasteiger partial charge in [0.1, 0.15) is 18.2 Å². The summed E-state index contributed by atoms with van der Waals surface area (Å²) in [6.07, 6.45) is 2.76. The molecular formula is C34H32N6O2. The van der Waals surface area contributed by atoms with E-state index in [2.05, 4.69) is 57.0 Å². The van der Waals surface area contributed by atoms with Crippen molar-refractivity contribution in [3.63, 3.8) is 0 Å². The monoisotopic (exact) mass is 556 g/mol. The highest BCUT2D eigenvalue weighted by molar-refractivity contribution is 6.00. The number of nitrogens with one attached hydrogen (secondary N) is 2. The van der Waals surface area contributed by atoms with E-state index in [0.717, 1.165) is 23.1 Å². The van der Waals surface area contributed by atoms with Crippen molar-refractivity contribution >= 4 is 34.2 Å². The van der Waals surface area contributed by atoms with E-state index in [-0.39, 0.29) is 18.4 Å². The molecule has 0 aliphatic carbocycles. The van der Waals surface area contributed by atoms with Crippen LogP contribution in [0, 0.1) is 0 Å². The van der Waals surface area contributed by atoms with E-state index < -0.39 is 11.6 Å². The molecule has 5 aromatic rings. The third-order valence-corrected chi connectivity index (χ3v) is 7.93. The van der Waals surface area contributed by atoms with Gasteiger partial charge < -0.3 is 16.0 Å². The van der Waals surface area contributed by atoms with Gasteiger partial charge >= 0.3 is 0 Å². The van der Waals surface area contributed by atoms with E-state index in [1.807, 2.05) is 54.6 Å². The van der Waals surface area contributed by atoms with E-state index >= 15 is 0 Å². The van der Waals surface area contributed by atoms with Crippen molar-refractivity contribution in [2.75, 3.05) is 24.1 Å². The number of rotatable bonds is 8. The Morgan fingerprint density at radius 2 is 1.43 bits per heavy atom. The predicted molar refractivity (Wildman–Crippen MR) is 165 cm³/mol. The average Bonchev–Trinajstić information content (AvgIpc) is 3.54. The first-order valence-corrected chi connectivity index (χ1v) is 14.1. The molecule has 8 nitrogen and oxygen atoms in total. The van der Waals surface area contributed by atoms with Crippen LogP contribution in [0.25, 0.3) is 10.9 Å². The van der Waals surface area contributed by atoms with Gasteiger partial charge in [-0.15, -0.1) is 0 Å². The van der Waals surface area contributed by atoms with Gasteiger partial charge in [-0.3, -0.25) is 14.9 Å². The number of nitrogen functional groups attached to an aromatic ring is 1. The second kappa shape index (κ2) is 11.8. The molecule has 8 heteroatoms. The van der Waals surface area contributed by atoms with Crippen LogP contribution in [0.1, 0.15) is 29.5 Å². The molecule has 210 valence electrons. The highest BCUT2D eigenvalue weighted by Crippen LogP contribution is 2.36. The van der Waals surface area contributed by atoms with Crippen LogP contribution < -0.4 is 16.4 Å². The van der Waals surface area contributed by atoms with Crippen molar-refractivity contribution in [3.05, 3.63) is 132 Å². The molecule has 1 unspecified atom stereocenters. The van der Waals surface area contributed by atoms with Gasteiger partial charge in [-0.1, -0.05) is 91.0 Å². The molecule has 1 aromatic heterocycles. The molecule has 1 atom stereocenters. The quantitative estimate of drug-likeness (QED) is 0.238. The molecule has 4 N–H and O–H groups in total. The molecule has 0 bridgehead atoms. The van der Waals surface area contributed by atoms with E-state index in [9.17, 15) is 9.59 Å². The van der Waals surface area contributed by atoms with Crippen molar-refractivity contribution in [3.8, 4) is 0 Å². The number of nitrogens with two attached hydrogens (primary N) is 1. The van der Waals surface area contributed by atoms with E-state index in [1.165, 1.54) is 6.33 Å². The summed E-state index contributed by atoms with van der Waals surface area (Å²) in [6.45, 7) is 0.568. The second-order valence-electron chi connectivity index (χ2n) is 10.4. The Bertz CT molecular complexity index is 1600. The van der Waals surface area contributed by atoms with Gasteiger partial charge in [-0.25, -0.2) is 9.97 Å². The first kappa shape index (κ1) is 27.1. The Balaban J connectivity index is 1.26. The smallest absolute Gasteiger partial charge is 0.247 e. The van der Waals surface area contributed by atoms with Crippen LogP contribution in [0.5, 0.6) is 0 Å². The van der Waals surface area contributed by atoms with Crippen LogP contribution in [0.4, 0.5) is 11.5 Å². The Morgan fingerprint density at radius 1 is 0.833 bits per heavy atom. The molecule has 0 saturated carbocycles. The first-order valence-electron chi connectivity index (χ1n) is 14.1. The molecule has 0 spiro atoms. The lowest BCUT2D eigenvalue weighted by Crippen LogP contribution is -2.51. The van der Waals surface area contributed by atoms with Crippen LogP contribution in [-0.4, -0.2) is 45.8 Å².